The molecule has 0 aliphatic heterocycles. The lowest BCUT2D eigenvalue weighted by Gasteiger charge is -2.04. The van der Waals surface area contributed by atoms with E-state index in [1.807, 2.05) is 0 Å². The van der Waals surface area contributed by atoms with Crippen LogP contribution in [0, 0.1) is 0 Å². The third-order valence-corrected chi connectivity index (χ3v) is 5.10. The topological polar surface area (TPSA) is 114 Å². The first-order valence-electron chi connectivity index (χ1n) is 7.06. The van der Waals surface area contributed by atoms with E-state index in [0.717, 1.165) is 4.68 Å². The third-order valence-electron chi connectivity index (χ3n) is 3.31. The lowest BCUT2D eigenvalue weighted by molar-refractivity contribution is 0.178. The minimum atomic E-state index is -0.804. The molecule has 8 nitrogen and oxygen atoms in total. The Labute approximate surface area is 155 Å². The summed E-state index contributed by atoms with van der Waals surface area (Å²) in [5.41, 5.74) is -0.326. The molecule has 1 atom stereocenters. The van der Waals surface area contributed by atoms with Gasteiger partial charge in [0, 0.05) is 22.2 Å². The van der Waals surface area contributed by atoms with E-state index in [9.17, 15) is 9.90 Å². The fraction of sp³-hybridized carbons (Fsp3) is 0.286. The van der Waals surface area contributed by atoms with Gasteiger partial charge in [-0.3, -0.25) is 4.79 Å². The van der Waals surface area contributed by atoms with E-state index in [-0.39, 0.29) is 41.9 Å². The van der Waals surface area contributed by atoms with Gasteiger partial charge in [-0.1, -0.05) is 28.4 Å². The number of aliphatic hydroxyl groups is 2. The zero-order valence-corrected chi connectivity index (χ0v) is 14.9. The molecule has 0 aromatic carbocycles. The Bertz CT molecular complexity index is 939. The van der Waals surface area contributed by atoms with Gasteiger partial charge in [0.1, 0.15) is 11.6 Å². The van der Waals surface area contributed by atoms with E-state index < -0.39 is 11.7 Å². The summed E-state index contributed by atoms with van der Waals surface area (Å²) < 4.78 is 6.12. The first kappa shape index (κ1) is 18.0. The summed E-state index contributed by atoms with van der Waals surface area (Å²) in [6.07, 6.45) is 0.639. The molecule has 0 bridgehead atoms. The second kappa shape index (κ2) is 7.63. The molecule has 11 heteroatoms. The van der Waals surface area contributed by atoms with Crippen molar-refractivity contribution in [3.63, 3.8) is 0 Å². The molecule has 0 aliphatic rings. The highest BCUT2D eigenvalue weighted by atomic mass is 35.5. The molecule has 25 heavy (non-hydrogen) atoms. The van der Waals surface area contributed by atoms with E-state index in [1.54, 1.807) is 11.4 Å². The minimum absolute atomic E-state index is 0.0712. The first-order chi connectivity index (χ1) is 12.0. The largest absolute Gasteiger partial charge is 0.392 e. The van der Waals surface area contributed by atoms with Crippen molar-refractivity contribution in [3.8, 4) is 0 Å². The van der Waals surface area contributed by atoms with Gasteiger partial charge in [-0.25, -0.2) is 4.68 Å². The van der Waals surface area contributed by atoms with Crippen LogP contribution in [0.2, 0.25) is 10.0 Å². The SMILES string of the molecule is O=c1c(Cl)c(CO)cnn1Cc1nc(C[C@H](O)c2cc(Cl)cs2)no1. The number of hydrogen-bond acceptors (Lipinski definition) is 8. The van der Waals surface area contributed by atoms with Gasteiger partial charge in [-0.2, -0.15) is 10.1 Å². The molecule has 0 saturated heterocycles. The molecule has 0 radical (unpaired) electrons. The van der Waals surface area contributed by atoms with Gasteiger partial charge in [0.25, 0.3) is 5.56 Å². The van der Waals surface area contributed by atoms with Crippen LogP contribution in [0.3, 0.4) is 0 Å². The fourth-order valence-electron chi connectivity index (χ4n) is 2.06. The Morgan fingerprint density at radius 3 is 2.88 bits per heavy atom. The molecule has 0 fully saturated rings. The highest BCUT2D eigenvalue weighted by molar-refractivity contribution is 7.10. The second-order valence-electron chi connectivity index (χ2n) is 5.10. The third kappa shape index (κ3) is 4.07. The molecule has 3 aromatic heterocycles. The molecular formula is C14H12Cl2N4O4S. The summed E-state index contributed by atoms with van der Waals surface area (Å²) in [7, 11) is 0. The van der Waals surface area contributed by atoms with Crippen LogP contribution in [0.4, 0.5) is 0 Å². The lowest BCUT2D eigenvalue weighted by Crippen LogP contribution is -2.25. The highest BCUT2D eigenvalue weighted by Crippen LogP contribution is 2.26. The highest BCUT2D eigenvalue weighted by Gasteiger charge is 2.17. The van der Waals surface area contributed by atoms with E-state index in [2.05, 4.69) is 15.2 Å². The van der Waals surface area contributed by atoms with Gasteiger partial charge in [0.2, 0.25) is 5.89 Å². The maximum absolute atomic E-state index is 12.0. The average molecular weight is 403 g/mol. The van der Waals surface area contributed by atoms with Crippen molar-refractivity contribution in [2.45, 2.75) is 25.7 Å². The summed E-state index contributed by atoms with van der Waals surface area (Å²) in [5.74, 6) is 0.437. The van der Waals surface area contributed by atoms with Crippen LogP contribution in [0.25, 0.3) is 0 Å². The van der Waals surface area contributed by atoms with E-state index in [4.69, 9.17) is 32.8 Å². The van der Waals surface area contributed by atoms with E-state index in [1.165, 1.54) is 17.5 Å². The number of hydrogen-bond donors (Lipinski definition) is 2. The molecule has 0 spiro atoms. The number of thiophene rings is 1. The van der Waals surface area contributed by atoms with Crippen molar-refractivity contribution in [2.24, 2.45) is 0 Å². The Morgan fingerprint density at radius 2 is 2.20 bits per heavy atom. The van der Waals surface area contributed by atoms with Crippen LogP contribution in [-0.4, -0.2) is 30.1 Å². The zero-order chi connectivity index (χ0) is 18.0. The summed E-state index contributed by atoms with van der Waals surface area (Å²) in [6, 6.07) is 1.67. The molecule has 0 unspecified atom stereocenters. The van der Waals surface area contributed by atoms with Crippen molar-refractivity contribution in [1.82, 2.24) is 19.9 Å². The van der Waals surface area contributed by atoms with Gasteiger partial charge >= 0.3 is 0 Å². The van der Waals surface area contributed by atoms with Gasteiger partial charge < -0.3 is 14.7 Å². The molecule has 0 amide bonds. The predicted octanol–water partition coefficient (Wildman–Crippen LogP) is 1.81. The van der Waals surface area contributed by atoms with Gasteiger partial charge in [-0.05, 0) is 6.07 Å². The molecule has 3 heterocycles. The summed E-state index contributed by atoms with van der Waals surface area (Å²) in [6.45, 7) is -0.449. The van der Waals surface area contributed by atoms with Crippen LogP contribution in [0.15, 0.2) is 27.0 Å². The molecule has 3 aromatic rings. The Morgan fingerprint density at radius 1 is 1.40 bits per heavy atom. The van der Waals surface area contributed by atoms with E-state index in [0.29, 0.717) is 9.90 Å². The number of rotatable bonds is 6. The number of aliphatic hydroxyl groups excluding tert-OH is 2. The maximum Gasteiger partial charge on any atom is 0.286 e. The van der Waals surface area contributed by atoms with Crippen LogP contribution >= 0.6 is 34.5 Å². The average Bonchev–Trinajstić information content (AvgIpc) is 3.21. The van der Waals surface area contributed by atoms with Gasteiger partial charge in [0.15, 0.2) is 5.82 Å². The van der Waals surface area contributed by atoms with Crippen molar-refractivity contribution >= 4 is 34.5 Å². The van der Waals surface area contributed by atoms with Crippen molar-refractivity contribution in [2.75, 3.05) is 0 Å². The first-order valence-corrected chi connectivity index (χ1v) is 8.70. The maximum atomic E-state index is 12.0. The predicted molar refractivity (Wildman–Crippen MR) is 90.8 cm³/mol. The van der Waals surface area contributed by atoms with Crippen LogP contribution in [0.1, 0.15) is 28.3 Å². The Hall–Kier alpha value is -1.78. The van der Waals surface area contributed by atoms with E-state index >= 15 is 0 Å². The zero-order valence-electron chi connectivity index (χ0n) is 12.6. The van der Waals surface area contributed by atoms with Crippen LogP contribution < -0.4 is 5.56 Å². The van der Waals surface area contributed by atoms with Gasteiger partial charge in [0.05, 0.1) is 23.9 Å². The van der Waals surface area contributed by atoms with Crippen LogP contribution in [0.5, 0.6) is 0 Å². The summed E-state index contributed by atoms with van der Waals surface area (Å²) in [4.78, 5) is 16.9. The summed E-state index contributed by atoms with van der Waals surface area (Å²) in [5, 5.41) is 29.1. The number of aromatic nitrogens is 4. The monoisotopic (exact) mass is 402 g/mol. The number of halogens is 2. The molecule has 132 valence electrons. The molecule has 2 N–H and O–H groups in total. The second-order valence-corrected chi connectivity index (χ2v) is 6.85. The molecule has 0 saturated carbocycles. The van der Waals surface area contributed by atoms with Crippen LogP contribution in [-0.2, 0) is 19.6 Å². The van der Waals surface area contributed by atoms with Crippen molar-refractivity contribution in [1.29, 1.82) is 0 Å². The standard InChI is InChI=1S/C14H12Cl2N4O4S/c15-8-1-10(25-6-8)9(22)2-11-18-12(24-19-11)4-20-14(23)13(16)7(5-21)3-17-20/h1,3,6,9,21-22H,2,4-5H2/t9-/m0/s1. The minimum Gasteiger partial charge on any atom is -0.392 e. The number of nitrogens with zero attached hydrogens (tertiary/aromatic N) is 4. The van der Waals surface area contributed by atoms with Crippen molar-refractivity contribution in [3.05, 3.63) is 60.2 Å². The Balaban J connectivity index is 1.72. The fourth-order valence-corrected chi connectivity index (χ4v) is 3.34. The molecule has 3 rings (SSSR count). The quantitative estimate of drug-likeness (QED) is 0.645. The smallest absolute Gasteiger partial charge is 0.286 e. The van der Waals surface area contributed by atoms with Crippen molar-refractivity contribution < 1.29 is 14.7 Å². The lowest BCUT2D eigenvalue weighted by atomic mass is 10.2. The van der Waals surface area contributed by atoms with Gasteiger partial charge in [-0.15, -0.1) is 11.3 Å². The Kier molecular flexibility index (Phi) is 5.50. The summed E-state index contributed by atoms with van der Waals surface area (Å²) >= 11 is 13.0. The molecule has 0 aliphatic carbocycles. The molecular weight excluding hydrogens is 391 g/mol. The normalized spacial score (nSPS) is 12.5.